The summed E-state index contributed by atoms with van der Waals surface area (Å²) in [5, 5.41) is 0. The largest absolute Gasteiger partial charge is 0.489 e. The van der Waals surface area contributed by atoms with Crippen molar-refractivity contribution in [2.45, 2.75) is 94.4 Å². The van der Waals surface area contributed by atoms with E-state index in [0.29, 0.717) is 17.6 Å². The molecule has 0 spiro atoms. The van der Waals surface area contributed by atoms with Gasteiger partial charge >= 0.3 is 0 Å². The highest BCUT2D eigenvalue weighted by molar-refractivity contribution is 6.23. The Morgan fingerprint density at radius 1 is 0.735 bits per heavy atom. The van der Waals surface area contributed by atoms with Crippen LogP contribution < -0.4 is 0 Å². The maximum Gasteiger partial charge on any atom is 0.228 e. The lowest BCUT2D eigenvalue weighted by Gasteiger charge is -2.26. The summed E-state index contributed by atoms with van der Waals surface area (Å²) in [6.45, 7) is 19.5. The van der Waals surface area contributed by atoms with Crippen molar-refractivity contribution in [3.63, 3.8) is 0 Å². The van der Waals surface area contributed by atoms with Crippen LogP contribution in [0.1, 0.15) is 94.4 Å². The molecule has 1 rings (SSSR count). The van der Waals surface area contributed by atoms with E-state index in [4.69, 9.17) is 9.47 Å². The topological polar surface area (TPSA) is 52.6 Å². The molecule has 0 bridgehead atoms. The highest BCUT2D eigenvalue weighted by atomic mass is 16.5. The summed E-state index contributed by atoms with van der Waals surface area (Å²) >= 11 is 0. The first kappa shape index (κ1) is 29.7. The maximum atomic E-state index is 12.8. The molecular weight excluding hydrogens is 424 g/mol. The van der Waals surface area contributed by atoms with E-state index in [9.17, 15) is 9.59 Å². The van der Waals surface area contributed by atoms with Gasteiger partial charge in [-0.05, 0) is 77.6 Å². The summed E-state index contributed by atoms with van der Waals surface area (Å²) in [6.07, 6.45) is 11.3. The zero-order chi connectivity index (χ0) is 26.3. The van der Waals surface area contributed by atoms with Crippen LogP contribution in [0.4, 0.5) is 0 Å². The Hall–Kier alpha value is -2.36. The molecule has 0 aromatic heterocycles. The third kappa shape index (κ3) is 8.77. The smallest absolute Gasteiger partial charge is 0.228 e. The lowest BCUT2D eigenvalue weighted by atomic mass is 9.79. The van der Waals surface area contributed by atoms with E-state index in [1.54, 1.807) is 6.92 Å². The van der Waals surface area contributed by atoms with Crippen LogP contribution in [0.5, 0.6) is 0 Å². The summed E-state index contributed by atoms with van der Waals surface area (Å²) < 4.78 is 10.3. The Morgan fingerprint density at radius 2 is 1.18 bits per heavy atom. The van der Waals surface area contributed by atoms with Crippen LogP contribution in [-0.2, 0) is 19.1 Å². The van der Waals surface area contributed by atoms with Gasteiger partial charge in [-0.3, -0.25) is 9.59 Å². The van der Waals surface area contributed by atoms with Gasteiger partial charge in [0.1, 0.15) is 0 Å². The molecule has 0 saturated carbocycles. The molecule has 0 aliphatic heterocycles. The first-order chi connectivity index (χ1) is 15.6. The molecule has 34 heavy (non-hydrogen) atoms. The summed E-state index contributed by atoms with van der Waals surface area (Å²) in [5.74, 6) is -0.572. The highest BCUT2D eigenvalue weighted by Crippen LogP contribution is 2.34. The molecule has 1 aliphatic rings. The monoisotopic (exact) mass is 470 g/mol. The van der Waals surface area contributed by atoms with Crippen molar-refractivity contribution >= 4 is 11.6 Å². The molecule has 0 saturated heterocycles. The number of ketones is 2. The van der Waals surface area contributed by atoms with Gasteiger partial charge in [-0.1, -0.05) is 62.6 Å². The van der Waals surface area contributed by atoms with Crippen LogP contribution >= 0.6 is 0 Å². The number of ether oxygens (including phenoxy) is 2. The average Bonchev–Trinajstić information content (AvgIpc) is 2.72. The Kier molecular flexibility index (Phi) is 10.8. The molecule has 0 N–H and O–H groups in total. The fraction of sp³-hybridized carbons (Fsp3) is 0.600. The van der Waals surface area contributed by atoms with E-state index in [1.165, 1.54) is 30.9 Å². The number of Topliss-reactive ketones (excluding diaryl/α,β-unsaturated/α-hetero) is 2. The van der Waals surface area contributed by atoms with Crippen molar-refractivity contribution in [3.8, 4) is 0 Å². The van der Waals surface area contributed by atoms with Crippen molar-refractivity contribution in [1.82, 2.24) is 0 Å². The molecule has 0 radical (unpaired) electrons. The van der Waals surface area contributed by atoms with Crippen LogP contribution in [-0.4, -0.2) is 25.8 Å². The Morgan fingerprint density at radius 3 is 1.65 bits per heavy atom. The number of methoxy groups -OCH3 is 2. The van der Waals surface area contributed by atoms with Gasteiger partial charge in [0.25, 0.3) is 0 Å². The SMILES string of the molecule is COC1=C(OC)C(=O)C(C/C=C(\C)CC(C)(C)C/C=C(\C)CC(C)(C)CC=C(C)C)=C(C)C1=O. The summed E-state index contributed by atoms with van der Waals surface area (Å²) in [5.41, 5.74) is 5.28. The number of hydrogen-bond acceptors (Lipinski definition) is 4. The van der Waals surface area contributed by atoms with E-state index >= 15 is 0 Å². The molecular formula is C30H46O4. The van der Waals surface area contributed by atoms with Crippen molar-refractivity contribution < 1.29 is 19.1 Å². The van der Waals surface area contributed by atoms with Crippen molar-refractivity contribution in [2.24, 2.45) is 10.8 Å². The van der Waals surface area contributed by atoms with Crippen molar-refractivity contribution in [2.75, 3.05) is 14.2 Å². The fourth-order valence-electron chi connectivity index (χ4n) is 4.44. The van der Waals surface area contributed by atoms with Crippen LogP contribution in [0, 0.1) is 10.8 Å². The normalized spacial score (nSPS) is 16.3. The standard InChI is InChI=1S/C30H46O4/c1-20(2)14-16-29(6,7)19-22(4)15-17-30(8,9)18-21(3)12-13-24-23(5)25(31)27(33-10)28(34-11)26(24)32/h12,14-15H,13,16-19H2,1-11H3/b21-12+,22-15+. The van der Waals surface area contributed by atoms with Crippen LogP contribution in [0.15, 0.2) is 57.6 Å². The Labute approximate surface area is 207 Å². The van der Waals surface area contributed by atoms with Gasteiger partial charge in [-0.15, -0.1) is 0 Å². The molecule has 0 fully saturated rings. The zero-order valence-corrected chi connectivity index (χ0v) is 23.4. The summed E-state index contributed by atoms with van der Waals surface area (Å²) in [4.78, 5) is 25.4. The lowest BCUT2D eigenvalue weighted by Crippen LogP contribution is -2.24. The molecule has 4 heteroatoms. The van der Waals surface area contributed by atoms with E-state index < -0.39 is 0 Å². The van der Waals surface area contributed by atoms with E-state index in [2.05, 4.69) is 73.6 Å². The molecule has 0 amide bonds. The molecule has 4 nitrogen and oxygen atoms in total. The molecule has 190 valence electrons. The molecule has 0 heterocycles. The first-order valence-corrected chi connectivity index (χ1v) is 12.2. The number of carbonyl (C=O) groups excluding carboxylic acids is 2. The third-order valence-electron chi connectivity index (χ3n) is 6.33. The molecule has 0 unspecified atom stereocenters. The minimum Gasteiger partial charge on any atom is -0.489 e. The maximum absolute atomic E-state index is 12.8. The van der Waals surface area contributed by atoms with Crippen molar-refractivity contribution in [3.05, 3.63) is 57.6 Å². The van der Waals surface area contributed by atoms with Crippen LogP contribution in [0.2, 0.25) is 0 Å². The summed E-state index contributed by atoms with van der Waals surface area (Å²) in [7, 11) is 2.77. The second kappa shape index (κ2) is 12.4. The Bertz CT molecular complexity index is 929. The number of hydrogen-bond donors (Lipinski definition) is 0. The number of allylic oxidation sites excluding steroid dienone is 8. The fourth-order valence-corrected chi connectivity index (χ4v) is 4.44. The predicted octanol–water partition coefficient (Wildman–Crippen LogP) is 7.82. The minimum absolute atomic E-state index is 0.00685. The van der Waals surface area contributed by atoms with Crippen LogP contribution in [0.3, 0.4) is 0 Å². The number of rotatable bonds is 12. The summed E-state index contributed by atoms with van der Waals surface area (Å²) in [6, 6.07) is 0. The van der Waals surface area contributed by atoms with Crippen LogP contribution in [0.25, 0.3) is 0 Å². The van der Waals surface area contributed by atoms with E-state index in [0.717, 1.165) is 25.7 Å². The second-order valence-corrected chi connectivity index (χ2v) is 11.5. The highest BCUT2D eigenvalue weighted by Gasteiger charge is 2.34. The molecule has 0 aromatic rings. The second-order valence-electron chi connectivity index (χ2n) is 11.5. The lowest BCUT2D eigenvalue weighted by molar-refractivity contribution is -0.121. The third-order valence-corrected chi connectivity index (χ3v) is 6.33. The predicted molar refractivity (Wildman–Crippen MR) is 141 cm³/mol. The van der Waals surface area contributed by atoms with Gasteiger partial charge in [-0.2, -0.15) is 0 Å². The molecule has 1 aliphatic carbocycles. The molecule has 0 aromatic carbocycles. The van der Waals surface area contributed by atoms with Gasteiger partial charge in [-0.25, -0.2) is 0 Å². The first-order valence-electron chi connectivity index (χ1n) is 12.2. The number of carbonyl (C=O) groups is 2. The van der Waals surface area contributed by atoms with E-state index in [-0.39, 0.29) is 33.9 Å². The van der Waals surface area contributed by atoms with Crippen molar-refractivity contribution in [1.29, 1.82) is 0 Å². The molecule has 0 atom stereocenters. The zero-order valence-electron chi connectivity index (χ0n) is 23.4. The van der Waals surface area contributed by atoms with E-state index in [1.807, 2.05) is 0 Å². The van der Waals surface area contributed by atoms with Gasteiger partial charge in [0, 0.05) is 11.1 Å². The van der Waals surface area contributed by atoms with Gasteiger partial charge < -0.3 is 9.47 Å². The average molecular weight is 471 g/mol. The van der Waals surface area contributed by atoms with Gasteiger partial charge in [0.2, 0.25) is 23.1 Å². The quantitative estimate of drug-likeness (QED) is 0.215. The van der Waals surface area contributed by atoms with Gasteiger partial charge in [0.05, 0.1) is 14.2 Å². The Balaban J connectivity index is 2.84. The van der Waals surface area contributed by atoms with Gasteiger partial charge in [0.15, 0.2) is 0 Å². The minimum atomic E-state index is -0.284.